The minimum absolute atomic E-state index is 0.655. The van der Waals surface area contributed by atoms with E-state index in [4.69, 9.17) is 11.6 Å². The third-order valence-electron chi connectivity index (χ3n) is 2.97. The van der Waals surface area contributed by atoms with Crippen LogP contribution in [0.15, 0.2) is 53.3 Å². The van der Waals surface area contributed by atoms with E-state index in [1.165, 1.54) is 0 Å². The van der Waals surface area contributed by atoms with Crippen molar-refractivity contribution in [3.8, 4) is 5.69 Å². The highest BCUT2D eigenvalue weighted by Gasteiger charge is 2.02. The van der Waals surface area contributed by atoms with Gasteiger partial charge in [0.2, 0.25) is 0 Å². The van der Waals surface area contributed by atoms with E-state index in [9.17, 15) is 0 Å². The summed E-state index contributed by atoms with van der Waals surface area (Å²) in [5.41, 5.74) is 2.95. The third kappa shape index (κ3) is 3.40. The van der Waals surface area contributed by atoms with Crippen LogP contribution in [-0.4, -0.2) is 20.2 Å². The van der Waals surface area contributed by atoms with Gasteiger partial charge in [0.15, 0.2) is 0 Å². The summed E-state index contributed by atoms with van der Waals surface area (Å²) < 4.78 is 2.62. The highest BCUT2D eigenvalue weighted by atomic mass is 79.9. The van der Waals surface area contributed by atoms with Gasteiger partial charge in [-0.25, -0.2) is 4.68 Å². The maximum Gasteiger partial charge on any atom is 0.143 e. The van der Waals surface area contributed by atoms with Crippen LogP contribution in [0, 0.1) is 0 Å². The van der Waals surface area contributed by atoms with E-state index < -0.39 is 0 Å². The first-order chi connectivity index (χ1) is 10.2. The average molecular weight is 365 g/mol. The van der Waals surface area contributed by atoms with Crippen LogP contribution in [0.25, 0.3) is 5.69 Å². The van der Waals surface area contributed by atoms with Crippen LogP contribution in [0.2, 0.25) is 5.02 Å². The van der Waals surface area contributed by atoms with Crippen molar-refractivity contribution in [1.82, 2.24) is 20.2 Å². The fraction of sp³-hybridized carbons (Fsp3) is 0.0714. The molecular formula is C14H11BrClN5. The summed E-state index contributed by atoms with van der Waals surface area (Å²) in [5.74, 6) is 0. The zero-order valence-corrected chi connectivity index (χ0v) is 13.2. The lowest BCUT2D eigenvalue weighted by molar-refractivity contribution is 0.789. The Hall–Kier alpha value is -1.92. The van der Waals surface area contributed by atoms with Crippen LogP contribution in [0.5, 0.6) is 0 Å². The van der Waals surface area contributed by atoms with Gasteiger partial charge in [-0.1, -0.05) is 27.5 Å². The van der Waals surface area contributed by atoms with Gasteiger partial charge in [-0.15, -0.1) is 5.10 Å². The molecule has 2 aromatic carbocycles. The molecule has 0 saturated heterocycles. The van der Waals surface area contributed by atoms with Gasteiger partial charge < -0.3 is 5.32 Å². The van der Waals surface area contributed by atoms with E-state index in [0.29, 0.717) is 6.54 Å². The Balaban J connectivity index is 1.70. The van der Waals surface area contributed by atoms with Crippen LogP contribution in [-0.2, 0) is 6.54 Å². The van der Waals surface area contributed by atoms with E-state index in [1.54, 1.807) is 11.0 Å². The van der Waals surface area contributed by atoms with Gasteiger partial charge in [0.05, 0.1) is 5.69 Å². The van der Waals surface area contributed by atoms with Crippen molar-refractivity contribution in [2.24, 2.45) is 0 Å². The molecule has 0 spiro atoms. The number of nitrogens with zero attached hydrogens (tertiary/aromatic N) is 4. The number of nitrogens with one attached hydrogen (secondary N) is 1. The molecule has 3 rings (SSSR count). The van der Waals surface area contributed by atoms with Gasteiger partial charge in [0.25, 0.3) is 0 Å². The molecule has 7 heteroatoms. The Bertz CT molecular complexity index is 728. The molecule has 0 unspecified atom stereocenters. The first-order valence-corrected chi connectivity index (χ1v) is 7.41. The molecule has 0 fully saturated rings. The van der Waals surface area contributed by atoms with E-state index in [-0.39, 0.29) is 0 Å². The average Bonchev–Trinajstić information content (AvgIpc) is 3.03. The summed E-state index contributed by atoms with van der Waals surface area (Å²) in [6.45, 7) is 0.655. The number of hydrogen-bond acceptors (Lipinski definition) is 4. The Labute approximate surface area is 135 Å². The first-order valence-electron chi connectivity index (χ1n) is 6.23. The molecule has 106 valence electrons. The molecule has 1 aromatic heterocycles. The maximum absolute atomic E-state index is 6.17. The van der Waals surface area contributed by atoms with Gasteiger partial charge in [-0.05, 0) is 58.5 Å². The van der Waals surface area contributed by atoms with Gasteiger partial charge in [-0.3, -0.25) is 0 Å². The minimum Gasteiger partial charge on any atom is -0.381 e. The van der Waals surface area contributed by atoms with Gasteiger partial charge >= 0.3 is 0 Å². The number of rotatable bonds is 4. The summed E-state index contributed by atoms with van der Waals surface area (Å²) in [6, 6.07) is 13.6. The van der Waals surface area contributed by atoms with E-state index in [2.05, 4.69) is 36.8 Å². The fourth-order valence-corrected chi connectivity index (χ4v) is 2.48. The largest absolute Gasteiger partial charge is 0.381 e. The molecule has 0 saturated carbocycles. The molecule has 0 aliphatic rings. The third-order valence-corrected chi connectivity index (χ3v) is 3.83. The lowest BCUT2D eigenvalue weighted by atomic mass is 10.2. The lowest BCUT2D eigenvalue weighted by Crippen LogP contribution is -2.01. The topological polar surface area (TPSA) is 55.6 Å². The predicted octanol–water partition coefficient (Wildman–Crippen LogP) is 3.69. The maximum atomic E-state index is 6.17. The Morgan fingerprint density at radius 1 is 1.14 bits per heavy atom. The molecule has 3 aromatic rings. The van der Waals surface area contributed by atoms with E-state index in [0.717, 1.165) is 26.4 Å². The minimum atomic E-state index is 0.655. The second-order valence-corrected chi connectivity index (χ2v) is 5.71. The Kier molecular flexibility index (Phi) is 4.17. The van der Waals surface area contributed by atoms with Gasteiger partial charge in [0, 0.05) is 21.7 Å². The number of aromatic nitrogens is 4. The molecule has 0 amide bonds. The second-order valence-electron chi connectivity index (χ2n) is 4.39. The van der Waals surface area contributed by atoms with E-state index >= 15 is 0 Å². The molecule has 0 atom stereocenters. The van der Waals surface area contributed by atoms with Crippen molar-refractivity contribution < 1.29 is 0 Å². The molecule has 1 heterocycles. The number of halogens is 2. The second kappa shape index (κ2) is 6.24. The molecular weight excluding hydrogens is 354 g/mol. The summed E-state index contributed by atoms with van der Waals surface area (Å²) in [5, 5.41) is 15.2. The van der Waals surface area contributed by atoms with Crippen LogP contribution < -0.4 is 5.32 Å². The zero-order valence-electron chi connectivity index (χ0n) is 10.9. The van der Waals surface area contributed by atoms with Crippen molar-refractivity contribution in [3.63, 3.8) is 0 Å². The van der Waals surface area contributed by atoms with Gasteiger partial charge in [0.1, 0.15) is 6.33 Å². The molecule has 5 nitrogen and oxygen atoms in total. The first kappa shape index (κ1) is 14.0. The fourth-order valence-electron chi connectivity index (χ4n) is 1.89. The Morgan fingerprint density at radius 3 is 2.67 bits per heavy atom. The quantitative estimate of drug-likeness (QED) is 0.767. The summed E-state index contributed by atoms with van der Waals surface area (Å²) >= 11 is 9.62. The standard InChI is InChI=1S/C14H11BrClN5/c15-11-1-6-14(16)10(7-11)8-17-12-2-4-13(5-3-12)21-9-18-19-20-21/h1-7,9,17H,8H2. The van der Waals surface area contributed by atoms with Crippen molar-refractivity contribution in [2.45, 2.75) is 6.54 Å². The highest BCUT2D eigenvalue weighted by molar-refractivity contribution is 9.10. The lowest BCUT2D eigenvalue weighted by Gasteiger charge is -2.09. The molecule has 21 heavy (non-hydrogen) atoms. The molecule has 0 bridgehead atoms. The molecule has 0 aliphatic carbocycles. The summed E-state index contributed by atoms with van der Waals surface area (Å²) in [6.07, 6.45) is 1.56. The van der Waals surface area contributed by atoms with E-state index in [1.807, 2.05) is 42.5 Å². The summed E-state index contributed by atoms with van der Waals surface area (Å²) in [4.78, 5) is 0. The number of benzene rings is 2. The predicted molar refractivity (Wildman–Crippen MR) is 85.6 cm³/mol. The van der Waals surface area contributed by atoms with Crippen LogP contribution >= 0.6 is 27.5 Å². The number of tetrazole rings is 1. The summed E-state index contributed by atoms with van der Waals surface area (Å²) in [7, 11) is 0. The van der Waals surface area contributed by atoms with Gasteiger partial charge in [-0.2, -0.15) is 0 Å². The molecule has 1 N–H and O–H groups in total. The van der Waals surface area contributed by atoms with Crippen LogP contribution in [0.3, 0.4) is 0 Å². The molecule has 0 radical (unpaired) electrons. The zero-order chi connectivity index (χ0) is 14.7. The number of anilines is 1. The smallest absolute Gasteiger partial charge is 0.143 e. The van der Waals surface area contributed by atoms with Crippen LogP contribution in [0.1, 0.15) is 5.56 Å². The SMILES string of the molecule is Clc1ccc(Br)cc1CNc1ccc(-n2cnnn2)cc1. The normalized spacial score (nSPS) is 10.6. The van der Waals surface area contributed by atoms with Crippen molar-refractivity contribution in [1.29, 1.82) is 0 Å². The Morgan fingerprint density at radius 2 is 1.95 bits per heavy atom. The van der Waals surface area contributed by atoms with Crippen molar-refractivity contribution in [3.05, 3.63) is 63.9 Å². The number of hydrogen-bond donors (Lipinski definition) is 1. The monoisotopic (exact) mass is 363 g/mol. The highest BCUT2D eigenvalue weighted by Crippen LogP contribution is 2.22. The van der Waals surface area contributed by atoms with Crippen molar-refractivity contribution >= 4 is 33.2 Å². The molecule has 0 aliphatic heterocycles. The van der Waals surface area contributed by atoms with Crippen LogP contribution in [0.4, 0.5) is 5.69 Å². The van der Waals surface area contributed by atoms with Crippen molar-refractivity contribution in [2.75, 3.05) is 5.32 Å².